The number of allylic oxidation sites excluding steroid dienone is 2. The van der Waals surface area contributed by atoms with Crippen molar-refractivity contribution in [3.05, 3.63) is 95.1 Å². The molecule has 4 aromatic rings. The lowest BCUT2D eigenvalue weighted by Crippen LogP contribution is -1.99. The number of hydrogen-bond acceptors (Lipinski definition) is 0. The van der Waals surface area contributed by atoms with Crippen molar-refractivity contribution >= 4 is 32.7 Å². The summed E-state index contributed by atoms with van der Waals surface area (Å²) in [7, 11) is 0. The van der Waals surface area contributed by atoms with E-state index < -0.39 is 0 Å². The van der Waals surface area contributed by atoms with Gasteiger partial charge in [-0.1, -0.05) is 92.6 Å². The fourth-order valence-corrected chi connectivity index (χ4v) is 5.65. The molecule has 0 bridgehead atoms. The number of benzene rings is 4. The average Bonchev–Trinajstić information content (AvgIpc) is 3.26. The maximum Gasteiger partial charge on any atom is 0.0105 e. The van der Waals surface area contributed by atoms with Crippen molar-refractivity contribution < 1.29 is 0 Å². The second-order valence-electron chi connectivity index (χ2n) is 8.34. The Morgan fingerprint density at radius 3 is 2.21 bits per heavy atom. The molecule has 0 N–H and O–H groups in total. The molecule has 6 rings (SSSR count). The van der Waals surface area contributed by atoms with Gasteiger partial charge < -0.3 is 0 Å². The summed E-state index contributed by atoms with van der Waals surface area (Å²) in [5, 5.41) is 5.74. The van der Waals surface area contributed by atoms with Gasteiger partial charge in [-0.25, -0.2) is 0 Å². The Morgan fingerprint density at radius 2 is 1.43 bits per heavy atom. The summed E-state index contributed by atoms with van der Waals surface area (Å²) in [5.41, 5.74) is 9.16. The van der Waals surface area contributed by atoms with Crippen LogP contribution in [0, 0.1) is 0 Å². The Balaban J connectivity index is 1.67. The molecule has 0 radical (unpaired) electrons. The lowest BCUT2D eigenvalue weighted by molar-refractivity contribution is 0.681. The van der Waals surface area contributed by atoms with Crippen LogP contribution in [0.25, 0.3) is 32.7 Å². The van der Waals surface area contributed by atoms with Crippen LogP contribution < -0.4 is 0 Å². The molecular formula is C28H24. The van der Waals surface area contributed by atoms with Gasteiger partial charge in [0.1, 0.15) is 0 Å². The predicted molar refractivity (Wildman–Crippen MR) is 121 cm³/mol. The molecule has 0 fully saturated rings. The van der Waals surface area contributed by atoms with Gasteiger partial charge >= 0.3 is 0 Å². The molecule has 0 heterocycles. The largest absolute Gasteiger partial charge is 0.0654 e. The van der Waals surface area contributed by atoms with Crippen LogP contribution >= 0.6 is 0 Å². The summed E-state index contributed by atoms with van der Waals surface area (Å²) in [6.45, 7) is 2.31. The lowest BCUT2D eigenvalue weighted by Gasteiger charge is -2.18. The minimum atomic E-state index is 0.528. The molecule has 2 aliphatic rings. The zero-order valence-electron chi connectivity index (χ0n) is 16.3. The van der Waals surface area contributed by atoms with Crippen LogP contribution in [0.5, 0.6) is 0 Å². The fourth-order valence-electron chi connectivity index (χ4n) is 5.65. The third kappa shape index (κ3) is 2.12. The SMILES string of the molecule is CCCCC1C(=C2Cc3cccc4cccc2c34)c2cccc3cccc1c23. The standard InChI is InChI=1S/C28H24/c1-2-3-13-22-21-14-6-10-19-11-7-16-24(27(19)21)28(22)25-17-20-12-4-8-18-9-5-15-23(25)26(18)20/h4-12,14-16,22H,2-3,13,17H2,1H3. The van der Waals surface area contributed by atoms with Crippen LogP contribution in [-0.2, 0) is 6.42 Å². The zero-order chi connectivity index (χ0) is 18.7. The molecule has 0 aromatic heterocycles. The Bertz CT molecular complexity index is 1260. The van der Waals surface area contributed by atoms with Gasteiger partial charge in [-0.05, 0) is 67.8 Å². The van der Waals surface area contributed by atoms with Crippen molar-refractivity contribution in [3.63, 3.8) is 0 Å². The topological polar surface area (TPSA) is 0 Å². The summed E-state index contributed by atoms with van der Waals surface area (Å²) >= 11 is 0. The van der Waals surface area contributed by atoms with Crippen molar-refractivity contribution in [1.82, 2.24) is 0 Å². The van der Waals surface area contributed by atoms with E-state index in [0.29, 0.717) is 5.92 Å². The van der Waals surface area contributed by atoms with E-state index in [9.17, 15) is 0 Å². The van der Waals surface area contributed by atoms with Crippen LogP contribution in [0.3, 0.4) is 0 Å². The number of rotatable bonds is 3. The van der Waals surface area contributed by atoms with E-state index in [1.54, 1.807) is 16.7 Å². The van der Waals surface area contributed by atoms with E-state index in [1.807, 2.05) is 0 Å². The molecule has 0 saturated heterocycles. The van der Waals surface area contributed by atoms with E-state index in [0.717, 1.165) is 6.42 Å². The molecule has 0 spiro atoms. The third-order valence-corrected chi connectivity index (χ3v) is 6.81. The van der Waals surface area contributed by atoms with Gasteiger partial charge in [0.15, 0.2) is 0 Å². The number of unbranched alkanes of at least 4 members (excludes halogenated alkanes) is 1. The quantitative estimate of drug-likeness (QED) is 0.350. The molecule has 0 saturated carbocycles. The van der Waals surface area contributed by atoms with Crippen molar-refractivity contribution in [2.24, 2.45) is 0 Å². The van der Waals surface area contributed by atoms with E-state index in [4.69, 9.17) is 0 Å². The lowest BCUT2D eigenvalue weighted by atomic mass is 9.85. The van der Waals surface area contributed by atoms with Crippen LogP contribution in [0.15, 0.2) is 72.8 Å². The molecule has 4 aromatic carbocycles. The minimum absolute atomic E-state index is 0.528. The molecule has 28 heavy (non-hydrogen) atoms. The zero-order valence-corrected chi connectivity index (χ0v) is 16.3. The molecule has 1 unspecified atom stereocenters. The van der Waals surface area contributed by atoms with Gasteiger partial charge in [-0.15, -0.1) is 0 Å². The molecule has 0 aliphatic heterocycles. The maximum atomic E-state index is 2.38. The summed E-state index contributed by atoms with van der Waals surface area (Å²) in [6.07, 6.45) is 4.85. The van der Waals surface area contributed by atoms with E-state index in [1.165, 1.54) is 57.5 Å². The molecule has 136 valence electrons. The Morgan fingerprint density at radius 1 is 0.750 bits per heavy atom. The fraction of sp³-hybridized carbons (Fsp3) is 0.214. The first-order valence-corrected chi connectivity index (χ1v) is 10.6. The molecule has 0 heteroatoms. The maximum absolute atomic E-state index is 2.38. The second kappa shape index (κ2) is 6.07. The first kappa shape index (κ1) is 16.1. The van der Waals surface area contributed by atoms with Crippen LogP contribution in [-0.4, -0.2) is 0 Å². The highest BCUT2D eigenvalue weighted by Gasteiger charge is 2.33. The highest BCUT2D eigenvalue weighted by molar-refractivity contribution is 6.14. The van der Waals surface area contributed by atoms with Crippen LogP contribution in [0.1, 0.15) is 54.4 Å². The Kier molecular flexibility index (Phi) is 3.50. The van der Waals surface area contributed by atoms with Gasteiger partial charge in [0.05, 0.1) is 0 Å². The normalized spacial score (nSPS) is 19.8. The van der Waals surface area contributed by atoms with Gasteiger partial charge in [0, 0.05) is 5.92 Å². The van der Waals surface area contributed by atoms with Crippen molar-refractivity contribution in [2.75, 3.05) is 0 Å². The Labute approximate surface area is 166 Å². The van der Waals surface area contributed by atoms with E-state index in [2.05, 4.69) is 79.7 Å². The first-order valence-electron chi connectivity index (χ1n) is 10.6. The molecule has 1 atom stereocenters. The third-order valence-electron chi connectivity index (χ3n) is 6.81. The summed E-state index contributed by atoms with van der Waals surface area (Å²) in [6, 6.07) is 27.4. The monoisotopic (exact) mass is 360 g/mol. The first-order chi connectivity index (χ1) is 13.9. The second-order valence-corrected chi connectivity index (χ2v) is 8.34. The van der Waals surface area contributed by atoms with Gasteiger partial charge in [-0.2, -0.15) is 0 Å². The van der Waals surface area contributed by atoms with Crippen LogP contribution in [0.2, 0.25) is 0 Å². The van der Waals surface area contributed by atoms with Gasteiger partial charge in [0.2, 0.25) is 0 Å². The van der Waals surface area contributed by atoms with Gasteiger partial charge in [-0.3, -0.25) is 0 Å². The average molecular weight is 361 g/mol. The van der Waals surface area contributed by atoms with Crippen molar-refractivity contribution in [3.8, 4) is 0 Å². The summed E-state index contributed by atoms with van der Waals surface area (Å²) in [4.78, 5) is 0. The highest BCUT2D eigenvalue weighted by Crippen LogP contribution is 2.54. The summed E-state index contributed by atoms with van der Waals surface area (Å²) < 4.78 is 0. The molecule has 0 nitrogen and oxygen atoms in total. The van der Waals surface area contributed by atoms with E-state index >= 15 is 0 Å². The Hall–Kier alpha value is -2.86. The summed E-state index contributed by atoms with van der Waals surface area (Å²) in [5.74, 6) is 0.528. The highest BCUT2D eigenvalue weighted by atomic mass is 14.4. The molecular weight excluding hydrogens is 336 g/mol. The van der Waals surface area contributed by atoms with Crippen LogP contribution in [0.4, 0.5) is 0 Å². The number of hydrogen-bond donors (Lipinski definition) is 0. The van der Waals surface area contributed by atoms with Gasteiger partial charge in [0.25, 0.3) is 0 Å². The predicted octanol–water partition coefficient (Wildman–Crippen LogP) is 7.75. The van der Waals surface area contributed by atoms with Crippen molar-refractivity contribution in [2.45, 2.75) is 38.5 Å². The van der Waals surface area contributed by atoms with Crippen molar-refractivity contribution in [1.29, 1.82) is 0 Å². The molecule has 0 amide bonds. The molecule has 2 aliphatic carbocycles. The smallest absolute Gasteiger partial charge is 0.0105 e. The minimum Gasteiger partial charge on any atom is -0.0654 e. The van der Waals surface area contributed by atoms with E-state index in [-0.39, 0.29) is 0 Å².